The number of aromatic nitrogens is 1. The molecule has 1 aromatic heterocycles. The molecule has 7 nitrogen and oxygen atoms in total. The van der Waals surface area contributed by atoms with Crippen LogP contribution in [-0.2, 0) is 0 Å². The van der Waals surface area contributed by atoms with Crippen LogP contribution in [0.15, 0.2) is 54.7 Å². The van der Waals surface area contributed by atoms with E-state index in [1.807, 2.05) is 0 Å². The number of fused-ring (bicyclic) bond motifs is 1. The number of hydrogen-bond donors (Lipinski definition) is 2. The average Bonchev–Trinajstić information content (AvgIpc) is 2.65. The molecule has 0 fully saturated rings. The number of pyridine rings is 1. The van der Waals surface area contributed by atoms with Gasteiger partial charge in [0.25, 0.3) is 11.6 Å². The summed E-state index contributed by atoms with van der Waals surface area (Å²) in [5.41, 5.74) is 1.05. The molecule has 132 valence electrons. The maximum Gasteiger partial charge on any atom is 0.278 e. The molecular weight excluding hydrogens is 339 g/mol. The summed E-state index contributed by atoms with van der Waals surface area (Å²) in [6, 6.07) is 12.0. The van der Waals surface area contributed by atoms with Crippen molar-refractivity contribution in [1.29, 1.82) is 0 Å². The lowest BCUT2D eigenvalue weighted by atomic mass is 10.1. The second-order valence-corrected chi connectivity index (χ2v) is 5.45. The maximum absolute atomic E-state index is 13.6. The zero-order chi connectivity index (χ0) is 18.5. The van der Waals surface area contributed by atoms with Gasteiger partial charge >= 0.3 is 0 Å². The normalized spacial score (nSPS) is 10.5. The molecule has 0 aliphatic carbocycles. The highest BCUT2D eigenvalue weighted by Crippen LogP contribution is 2.29. The molecule has 26 heavy (non-hydrogen) atoms. The van der Waals surface area contributed by atoms with E-state index in [0.717, 1.165) is 0 Å². The highest BCUT2D eigenvalue weighted by atomic mass is 19.1. The van der Waals surface area contributed by atoms with E-state index in [1.165, 1.54) is 24.3 Å². The molecule has 0 atom stereocenters. The first-order chi connectivity index (χ1) is 12.6. The molecule has 2 aromatic carbocycles. The largest absolute Gasteiger partial charge is 0.382 e. The summed E-state index contributed by atoms with van der Waals surface area (Å²) in [7, 11) is 0. The third kappa shape index (κ3) is 3.59. The lowest BCUT2D eigenvalue weighted by Gasteiger charge is -2.10. The number of non-ortho nitro benzene ring substituents is 1. The van der Waals surface area contributed by atoms with E-state index in [-0.39, 0.29) is 17.8 Å². The molecule has 2 N–H and O–H groups in total. The number of nitrogens with zero attached hydrogens (tertiary/aromatic N) is 2. The van der Waals surface area contributed by atoms with Gasteiger partial charge in [-0.25, -0.2) is 4.39 Å². The first-order valence-corrected chi connectivity index (χ1v) is 7.86. The molecule has 0 saturated heterocycles. The Labute approximate surface area is 148 Å². The summed E-state index contributed by atoms with van der Waals surface area (Å²) in [6.07, 6.45) is 1.55. The van der Waals surface area contributed by atoms with Gasteiger partial charge in [0.15, 0.2) is 0 Å². The minimum absolute atomic E-state index is 0.0186. The highest BCUT2D eigenvalue weighted by Gasteiger charge is 2.15. The third-order valence-electron chi connectivity index (χ3n) is 3.79. The van der Waals surface area contributed by atoms with Crippen molar-refractivity contribution in [2.75, 3.05) is 18.4 Å². The number of nitrogens with one attached hydrogen (secondary N) is 2. The van der Waals surface area contributed by atoms with Crippen molar-refractivity contribution in [1.82, 2.24) is 10.3 Å². The fourth-order valence-electron chi connectivity index (χ4n) is 2.57. The second-order valence-electron chi connectivity index (χ2n) is 5.45. The number of benzene rings is 2. The zero-order valence-corrected chi connectivity index (χ0v) is 13.6. The van der Waals surface area contributed by atoms with Crippen LogP contribution in [0.2, 0.25) is 0 Å². The lowest BCUT2D eigenvalue weighted by Crippen LogP contribution is -2.29. The van der Waals surface area contributed by atoms with Gasteiger partial charge in [-0.15, -0.1) is 0 Å². The molecule has 0 spiro atoms. The molecule has 0 saturated carbocycles. The van der Waals surface area contributed by atoms with Gasteiger partial charge in [-0.3, -0.25) is 19.9 Å². The predicted octanol–water partition coefficient (Wildman–Crippen LogP) is 3.12. The molecule has 0 aliphatic heterocycles. The summed E-state index contributed by atoms with van der Waals surface area (Å²) >= 11 is 0. The molecule has 3 aromatic rings. The number of halogens is 1. The van der Waals surface area contributed by atoms with Gasteiger partial charge in [0.1, 0.15) is 11.3 Å². The number of nitro benzene ring substituents is 1. The Morgan fingerprint density at radius 2 is 1.92 bits per heavy atom. The SMILES string of the molecule is O=C(NCCNc1ccc([N+](=O)[O-])c2cccnc12)c1ccccc1F. The number of anilines is 1. The molecule has 1 amide bonds. The first kappa shape index (κ1) is 17.3. The van der Waals surface area contributed by atoms with Crippen molar-refractivity contribution >= 4 is 28.2 Å². The van der Waals surface area contributed by atoms with Crippen LogP contribution < -0.4 is 10.6 Å². The number of carbonyl (C=O) groups is 1. The van der Waals surface area contributed by atoms with Gasteiger partial charge in [-0.1, -0.05) is 12.1 Å². The van der Waals surface area contributed by atoms with Gasteiger partial charge < -0.3 is 10.6 Å². The van der Waals surface area contributed by atoms with E-state index >= 15 is 0 Å². The van der Waals surface area contributed by atoms with Crippen molar-refractivity contribution < 1.29 is 14.1 Å². The van der Waals surface area contributed by atoms with E-state index in [2.05, 4.69) is 15.6 Å². The van der Waals surface area contributed by atoms with Gasteiger partial charge in [-0.05, 0) is 30.3 Å². The van der Waals surface area contributed by atoms with E-state index < -0.39 is 16.6 Å². The minimum atomic E-state index is -0.580. The maximum atomic E-state index is 13.6. The number of carbonyl (C=O) groups excluding carboxylic acids is 1. The van der Waals surface area contributed by atoms with Crippen LogP contribution in [0.3, 0.4) is 0 Å². The third-order valence-corrected chi connectivity index (χ3v) is 3.79. The summed E-state index contributed by atoms with van der Waals surface area (Å²) in [4.78, 5) is 26.8. The smallest absolute Gasteiger partial charge is 0.278 e. The summed E-state index contributed by atoms with van der Waals surface area (Å²) < 4.78 is 13.6. The fourth-order valence-corrected chi connectivity index (χ4v) is 2.57. The Balaban J connectivity index is 1.66. The van der Waals surface area contributed by atoms with Crippen molar-refractivity contribution in [3.63, 3.8) is 0 Å². The van der Waals surface area contributed by atoms with Gasteiger partial charge in [0.05, 0.1) is 21.6 Å². The summed E-state index contributed by atoms with van der Waals surface area (Å²) in [6.45, 7) is 0.599. The van der Waals surface area contributed by atoms with Crippen LogP contribution >= 0.6 is 0 Å². The van der Waals surface area contributed by atoms with Gasteiger partial charge in [0.2, 0.25) is 0 Å². The van der Waals surface area contributed by atoms with Crippen molar-refractivity contribution in [2.24, 2.45) is 0 Å². The van der Waals surface area contributed by atoms with Crippen LogP contribution in [0.1, 0.15) is 10.4 Å². The molecule has 0 radical (unpaired) electrons. The Hall–Kier alpha value is -3.55. The molecule has 1 heterocycles. The molecule has 8 heteroatoms. The van der Waals surface area contributed by atoms with Crippen LogP contribution in [0.25, 0.3) is 10.9 Å². The molecular formula is C18H15FN4O3. The van der Waals surface area contributed by atoms with Crippen molar-refractivity contribution in [3.05, 3.63) is 76.2 Å². The molecule has 3 rings (SSSR count). The molecule has 0 aliphatic rings. The summed E-state index contributed by atoms with van der Waals surface area (Å²) in [5.74, 6) is -1.08. The van der Waals surface area contributed by atoms with E-state index in [0.29, 0.717) is 23.1 Å². The Morgan fingerprint density at radius 1 is 1.12 bits per heavy atom. The standard InChI is InChI=1S/C18H15FN4O3/c19-14-6-2-1-4-12(14)18(24)22-11-10-20-15-7-8-16(23(25)26)13-5-3-9-21-17(13)15/h1-9,20H,10-11H2,(H,22,24). The van der Waals surface area contributed by atoms with Crippen LogP contribution in [-0.4, -0.2) is 28.9 Å². The zero-order valence-electron chi connectivity index (χ0n) is 13.6. The van der Waals surface area contributed by atoms with E-state index in [1.54, 1.807) is 30.5 Å². The Kier molecular flexibility index (Phi) is 5.02. The van der Waals surface area contributed by atoms with E-state index in [4.69, 9.17) is 0 Å². The number of nitro groups is 1. The van der Waals surface area contributed by atoms with Crippen molar-refractivity contribution in [3.8, 4) is 0 Å². The topological polar surface area (TPSA) is 97.2 Å². The summed E-state index contributed by atoms with van der Waals surface area (Å²) in [5, 5.41) is 17.2. The predicted molar refractivity (Wildman–Crippen MR) is 95.6 cm³/mol. The number of hydrogen-bond acceptors (Lipinski definition) is 5. The quantitative estimate of drug-likeness (QED) is 0.403. The number of amides is 1. The minimum Gasteiger partial charge on any atom is -0.382 e. The second kappa shape index (κ2) is 7.56. The fraction of sp³-hybridized carbons (Fsp3) is 0.111. The van der Waals surface area contributed by atoms with E-state index in [9.17, 15) is 19.3 Å². The Bertz CT molecular complexity index is 978. The first-order valence-electron chi connectivity index (χ1n) is 7.86. The van der Waals surface area contributed by atoms with Crippen LogP contribution in [0.4, 0.5) is 15.8 Å². The Morgan fingerprint density at radius 3 is 2.69 bits per heavy atom. The molecule has 0 bridgehead atoms. The van der Waals surface area contributed by atoms with Gasteiger partial charge in [-0.2, -0.15) is 0 Å². The lowest BCUT2D eigenvalue weighted by molar-refractivity contribution is -0.383. The van der Waals surface area contributed by atoms with Gasteiger partial charge in [0, 0.05) is 25.4 Å². The monoisotopic (exact) mass is 354 g/mol. The van der Waals surface area contributed by atoms with Crippen molar-refractivity contribution in [2.45, 2.75) is 0 Å². The number of rotatable bonds is 6. The molecule has 0 unspecified atom stereocenters. The highest BCUT2D eigenvalue weighted by molar-refractivity contribution is 5.97. The van der Waals surface area contributed by atoms with Crippen LogP contribution in [0, 0.1) is 15.9 Å². The average molecular weight is 354 g/mol. The van der Waals surface area contributed by atoms with Crippen LogP contribution in [0.5, 0.6) is 0 Å².